The summed E-state index contributed by atoms with van der Waals surface area (Å²) in [6, 6.07) is 1.47. The van der Waals surface area contributed by atoms with Crippen LogP contribution in [0.5, 0.6) is 0 Å². The number of rotatable bonds is 4. The second-order valence-corrected chi connectivity index (χ2v) is 8.17. The third-order valence-electron chi connectivity index (χ3n) is 3.24. The van der Waals surface area contributed by atoms with Crippen LogP contribution in [0.2, 0.25) is 0 Å². The highest BCUT2D eigenvalue weighted by Gasteiger charge is 2.31. The lowest BCUT2D eigenvalue weighted by Gasteiger charge is -2.33. The number of sulfone groups is 1. The molecule has 0 spiro atoms. The molecule has 1 unspecified atom stereocenters. The van der Waals surface area contributed by atoms with Gasteiger partial charge in [0.2, 0.25) is 0 Å². The molecule has 0 aromatic carbocycles. The number of hydrogen-bond donors (Lipinski definition) is 1. The molecule has 2 rings (SSSR count). The van der Waals surface area contributed by atoms with Crippen molar-refractivity contribution in [3.05, 3.63) is 23.2 Å². The van der Waals surface area contributed by atoms with Crippen molar-refractivity contribution in [1.82, 2.24) is 4.90 Å². The van der Waals surface area contributed by atoms with Gasteiger partial charge < -0.3 is 9.52 Å². The van der Waals surface area contributed by atoms with Crippen LogP contribution in [0, 0.1) is 6.92 Å². The Morgan fingerprint density at radius 1 is 1.60 bits per heavy atom. The van der Waals surface area contributed by atoms with Crippen molar-refractivity contribution in [3.8, 4) is 0 Å². The summed E-state index contributed by atoms with van der Waals surface area (Å²) in [6.45, 7) is 2.55. The van der Waals surface area contributed by atoms with Crippen LogP contribution in [0.3, 0.4) is 0 Å². The van der Waals surface area contributed by atoms with E-state index in [2.05, 4.69) is 0 Å². The van der Waals surface area contributed by atoms with E-state index in [4.69, 9.17) is 9.52 Å². The van der Waals surface area contributed by atoms with Crippen molar-refractivity contribution < 1.29 is 22.7 Å². The quantitative estimate of drug-likeness (QED) is 0.892. The Bertz CT molecular complexity index is 607. The van der Waals surface area contributed by atoms with Crippen LogP contribution >= 0.6 is 11.8 Å². The van der Waals surface area contributed by atoms with Gasteiger partial charge in [-0.2, -0.15) is 11.8 Å². The maximum absolute atomic E-state index is 11.8. The highest BCUT2D eigenvalue weighted by Crippen LogP contribution is 2.24. The van der Waals surface area contributed by atoms with Gasteiger partial charge in [0.25, 0.3) is 0 Å². The van der Waals surface area contributed by atoms with Gasteiger partial charge >= 0.3 is 5.97 Å². The molecule has 1 atom stereocenters. The maximum atomic E-state index is 11.8. The summed E-state index contributed by atoms with van der Waals surface area (Å²) in [4.78, 5) is 12.8. The molecule has 0 aliphatic carbocycles. The molecule has 1 aliphatic rings. The molecule has 0 saturated carbocycles. The molecule has 0 radical (unpaired) electrons. The largest absolute Gasteiger partial charge is 0.478 e. The van der Waals surface area contributed by atoms with E-state index in [1.165, 1.54) is 12.3 Å². The number of carboxylic acids is 1. The number of hydrogen-bond acceptors (Lipinski definition) is 6. The topological polar surface area (TPSA) is 87.8 Å². The molecule has 1 fully saturated rings. The first kappa shape index (κ1) is 15.4. The predicted octanol–water partition coefficient (Wildman–Crippen LogP) is 1.21. The summed E-state index contributed by atoms with van der Waals surface area (Å²) in [5, 5.41) is 8.45. The van der Waals surface area contributed by atoms with E-state index in [1.54, 1.807) is 18.7 Å². The van der Waals surface area contributed by atoms with Crippen molar-refractivity contribution in [2.75, 3.05) is 24.3 Å². The highest BCUT2D eigenvalue weighted by atomic mass is 32.2. The average Bonchev–Trinajstić information content (AvgIpc) is 2.69. The Hall–Kier alpha value is -0.990. The molecule has 6 nitrogen and oxygen atoms in total. The molecule has 0 bridgehead atoms. The van der Waals surface area contributed by atoms with Crippen molar-refractivity contribution in [1.29, 1.82) is 0 Å². The Kier molecular flexibility index (Phi) is 4.46. The zero-order chi connectivity index (χ0) is 14.9. The van der Waals surface area contributed by atoms with E-state index in [0.717, 1.165) is 5.75 Å². The van der Waals surface area contributed by atoms with Crippen LogP contribution in [0.1, 0.15) is 21.9 Å². The summed E-state index contributed by atoms with van der Waals surface area (Å²) in [5.74, 6) is 1.18. The molecule has 1 aliphatic heterocycles. The molecule has 8 heteroatoms. The standard InChI is InChI=1S/C12H17NO5S2/c1-8-10(12(14)15)5-9(18-8)6-13-3-4-19-7-11(13)20(2,16)17/h5,11H,3-4,6-7H2,1-2H3,(H,14,15). The normalized spacial score (nSPS) is 21.0. The van der Waals surface area contributed by atoms with Crippen molar-refractivity contribution in [3.63, 3.8) is 0 Å². The molecule has 2 heterocycles. The molecule has 112 valence electrons. The molecule has 1 aromatic rings. The molecular formula is C12H17NO5S2. The van der Waals surface area contributed by atoms with Crippen LogP contribution in [0.4, 0.5) is 0 Å². The van der Waals surface area contributed by atoms with E-state index in [1.807, 2.05) is 4.90 Å². The van der Waals surface area contributed by atoms with E-state index in [9.17, 15) is 13.2 Å². The minimum absolute atomic E-state index is 0.127. The summed E-state index contributed by atoms with van der Waals surface area (Å²) in [6.07, 6.45) is 1.23. The van der Waals surface area contributed by atoms with E-state index >= 15 is 0 Å². The zero-order valence-electron chi connectivity index (χ0n) is 11.3. The van der Waals surface area contributed by atoms with Gasteiger partial charge in [0.05, 0.1) is 6.54 Å². The summed E-state index contributed by atoms with van der Waals surface area (Å²) < 4.78 is 29.0. The Morgan fingerprint density at radius 2 is 2.30 bits per heavy atom. The molecule has 0 amide bonds. The van der Waals surface area contributed by atoms with Crippen LogP contribution < -0.4 is 0 Å². The first-order chi connectivity index (χ1) is 9.29. The smallest absolute Gasteiger partial charge is 0.339 e. The Labute approximate surface area is 122 Å². The van der Waals surface area contributed by atoms with Gasteiger partial charge in [0, 0.05) is 24.3 Å². The molecule has 1 N–H and O–H groups in total. The van der Waals surface area contributed by atoms with Gasteiger partial charge in [-0.25, -0.2) is 13.2 Å². The molecule has 20 heavy (non-hydrogen) atoms. The van der Waals surface area contributed by atoms with Crippen LogP contribution in [-0.2, 0) is 16.4 Å². The fourth-order valence-electron chi connectivity index (χ4n) is 2.22. The van der Waals surface area contributed by atoms with Gasteiger partial charge in [0.15, 0.2) is 9.84 Å². The number of furan rings is 1. The second-order valence-electron chi connectivity index (χ2n) is 4.82. The monoisotopic (exact) mass is 319 g/mol. The first-order valence-electron chi connectivity index (χ1n) is 6.12. The summed E-state index contributed by atoms with van der Waals surface area (Å²) in [7, 11) is -3.17. The van der Waals surface area contributed by atoms with Crippen LogP contribution in [0.25, 0.3) is 0 Å². The minimum atomic E-state index is -3.17. The third kappa shape index (κ3) is 3.36. The zero-order valence-corrected chi connectivity index (χ0v) is 13.0. The van der Waals surface area contributed by atoms with Gasteiger partial charge in [-0.1, -0.05) is 0 Å². The molecule has 1 aromatic heterocycles. The number of aryl methyl sites for hydroxylation is 1. The fraction of sp³-hybridized carbons (Fsp3) is 0.583. The Balaban J connectivity index is 2.19. The summed E-state index contributed by atoms with van der Waals surface area (Å²) >= 11 is 1.61. The van der Waals surface area contributed by atoms with E-state index in [-0.39, 0.29) is 5.56 Å². The number of nitrogens with zero attached hydrogens (tertiary/aromatic N) is 1. The maximum Gasteiger partial charge on any atom is 0.339 e. The fourth-order valence-corrected chi connectivity index (χ4v) is 5.17. The number of aromatic carboxylic acids is 1. The van der Waals surface area contributed by atoms with Crippen LogP contribution in [-0.4, -0.2) is 54.1 Å². The lowest BCUT2D eigenvalue weighted by molar-refractivity contribution is 0.0695. The average molecular weight is 319 g/mol. The predicted molar refractivity (Wildman–Crippen MR) is 76.8 cm³/mol. The van der Waals surface area contributed by atoms with Gasteiger partial charge in [-0.05, 0) is 13.0 Å². The number of carboxylic acid groups (broad SMARTS) is 1. The lowest BCUT2D eigenvalue weighted by Crippen LogP contribution is -2.46. The SMILES string of the molecule is Cc1oc(CN2CCSCC2S(C)(=O)=O)cc1C(=O)O. The van der Waals surface area contributed by atoms with E-state index < -0.39 is 21.2 Å². The van der Waals surface area contributed by atoms with E-state index in [0.29, 0.717) is 30.4 Å². The highest BCUT2D eigenvalue weighted by molar-refractivity contribution is 8.00. The lowest BCUT2D eigenvalue weighted by atomic mass is 10.2. The van der Waals surface area contributed by atoms with Gasteiger partial charge in [-0.15, -0.1) is 0 Å². The first-order valence-corrected chi connectivity index (χ1v) is 9.23. The van der Waals surface area contributed by atoms with Crippen LogP contribution in [0.15, 0.2) is 10.5 Å². The second kappa shape index (κ2) is 5.79. The summed E-state index contributed by atoms with van der Waals surface area (Å²) in [5.41, 5.74) is 0.127. The van der Waals surface area contributed by atoms with Crippen molar-refractivity contribution in [2.24, 2.45) is 0 Å². The molecular weight excluding hydrogens is 302 g/mol. The van der Waals surface area contributed by atoms with Gasteiger partial charge in [-0.3, -0.25) is 4.90 Å². The van der Waals surface area contributed by atoms with Crippen molar-refractivity contribution in [2.45, 2.75) is 18.8 Å². The van der Waals surface area contributed by atoms with Gasteiger partial charge in [0.1, 0.15) is 22.5 Å². The number of carbonyl (C=O) groups is 1. The minimum Gasteiger partial charge on any atom is -0.478 e. The molecule has 1 saturated heterocycles. The third-order valence-corrected chi connectivity index (χ3v) is 5.93. The van der Waals surface area contributed by atoms with Crippen molar-refractivity contribution >= 4 is 27.6 Å². The number of thioether (sulfide) groups is 1. The Morgan fingerprint density at radius 3 is 2.85 bits per heavy atom.